The smallest absolute Gasteiger partial charge is 0.313 e. The van der Waals surface area contributed by atoms with Crippen LogP contribution < -0.4 is 4.74 Å². The summed E-state index contributed by atoms with van der Waals surface area (Å²) in [6.07, 6.45) is 0. The predicted molar refractivity (Wildman–Crippen MR) is 89.2 cm³/mol. The summed E-state index contributed by atoms with van der Waals surface area (Å²) in [4.78, 5) is 14.8. The van der Waals surface area contributed by atoms with Gasteiger partial charge in [0.1, 0.15) is 11.5 Å². The van der Waals surface area contributed by atoms with E-state index in [-0.39, 0.29) is 5.75 Å². The highest BCUT2D eigenvalue weighted by Gasteiger charge is 2.13. The van der Waals surface area contributed by atoms with Crippen molar-refractivity contribution in [2.24, 2.45) is 0 Å². The van der Waals surface area contributed by atoms with E-state index in [1.165, 1.54) is 0 Å². The molecule has 0 radical (unpaired) electrons. The highest BCUT2D eigenvalue weighted by molar-refractivity contribution is 7.99. The first-order chi connectivity index (χ1) is 11.6. The van der Waals surface area contributed by atoms with Crippen molar-refractivity contribution >= 4 is 17.7 Å². The average molecular weight is 345 g/mol. The quantitative estimate of drug-likeness (QED) is 0.661. The molecule has 0 aliphatic carbocycles. The lowest BCUT2D eigenvalue weighted by Crippen LogP contribution is -1.97. The number of benzene rings is 1. The van der Waals surface area contributed by atoms with Gasteiger partial charge in [-0.1, -0.05) is 11.8 Å². The molecular weight excluding hydrogens is 330 g/mol. The van der Waals surface area contributed by atoms with E-state index in [9.17, 15) is 4.79 Å². The minimum Gasteiger partial charge on any atom is -0.496 e. The highest BCUT2D eigenvalue weighted by atomic mass is 32.2. The first-order valence-electron chi connectivity index (χ1n) is 7.09. The van der Waals surface area contributed by atoms with Crippen molar-refractivity contribution in [3.63, 3.8) is 0 Å². The number of rotatable bonds is 6. The van der Waals surface area contributed by atoms with Gasteiger partial charge in [0.25, 0.3) is 0 Å². The van der Waals surface area contributed by atoms with E-state index < -0.39 is 5.97 Å². The number of H-pyrrole nitrogens is 1. The Morgan fingerprint density at radius 1 is 1.33 bits per heavy atom. The summed E-state index contributed by atoms with van der Waals surface area (Å²) >= 11 is 1.04. The number of furan rings is 1. The lowest BCUT2D eigenvalue weighted by atomic mass is 10.1. The number of carbonyl (C=O) groups is 1. The number of hydrogen-bond acceptors (Lipinski definition) is 6. The molecule has 7 nitrogen and oxygen atoms in total. The van der Waals surface area contributed by atoms with Crippen LogP contribution in [0, 0.1) is 6.92 Å². The molecule has 0 saturated heterocycles. The molecule has 0 saturated carbocycles. The number of aryl methyl sites for hydroxylation is 1. The molecule has 0 aliphatic heterocycles. The number of ether oxygens (including phenoxy) is 1. The molecule has 124 valence electrons. The Morgan fingerprint density at radius 3 is 2.83 bits per heavy atom. The van der Waals surface area contributed by atoms with Gasteiger partial charge in [0.15, 0.2) is 11.6 Å². The SMILES string of the molecule is COc1ccc(-c2ccc(-c3nc(SCC(=O)O)n[nH]3)o2)cc1C. The maximum atomic E-state index is 10.6. The summed E-state index contributed by atoms with van der Waals surface area (Å²) in [5.41, 5.74) is 1.94. The summed E-state index contributed by atoms with van der Waals surface area (Å²) in [6, 6.07) is 9.44. The van der Waals surface area contributed by atoms with Crippen LogP contribution >= 0.6 is 11.8 Å². The fourth-order valence-electron chi connectivity index (χ4n) is 2.20. The van der Waals surface area contributed by atoms with Crippen LogP contribution in [-0.4, -0.2) is 39.1 Å². The van der Waals surface area contributed by atoms with Gasteiger partial charge in [-0.05, 0) is 42.8 Å². The molecule has 2 heterocycles. The van der Waals surface area contributed by atoms with E-state index in [0.717, 1.165) is 28.6 Å². The monoisotopic (exact) mass is 345 g/mol. The fourth-order valence-corrected chi connectivity index (χ4v) is 2.72. The third-order valence-corrected chi connectivity index (χ3v) is 4.14. The maximum Gasteiger partial charge on any atom is 0.313 e. The van der Waals surface area contributed by atoms with Crippen LogP contribution in [0.15, 0.2) is 39.9 Å². The summed E-state index contributed by atoms with van der Waals surface area (Å²) in [5.74, 6) is 1.51. The van der Waals surface area contributed by atoms with Crippen LogP contribution in [0.1, 0.15) is 5.56 Å². The van der Waals surface area contributed by atoms with Gasteiger partial charge in [0.2, 0.25) is 5.16 Å². The van der Waals surface area contributed by atoms with Crippen LogP contribution in [0.25, 0.3) is 22.9 Å². The normalized spacial score (nSPS) is 10.8. The van der Waals surface area contributed by atoms with Crippen molar-refractivity contribution in [1.29, 1.82) is 0 Å². The number of aliphatic carboxylic acids is 1. The molecule has 0 amide bonds. The van der Waals surface area contributed by atoms with Crippen molar-refractivity contribution in [2.75, 3.05) is 12.9 Å². The van der Waals surface area contributed by atoms with Gasteiger partial charge in [-0.25, -0.2) is 0 Å². The van der Waals surface area contributed by atoms with Crippen LogP contribution in [-0.2, 0) is 4.79 Å². The first kappa shape index (κ1) is 16.1. The number of nitrogens with one attached hydrogen (secondary N) is 1. The van der Waals surface area contributed by atoms with Crippen LogP contribution in [0.5, 0.6) is 5.75 Å². The van der Waals surface area contributed by atoms with Gasteiger partial charge < -0.3 is 14.3 Å². The summed E-state index contributed by atoms with van der Waals surface area (Å²) < 4.78 is 11.1. The average Bonchev–Trinajstić information content (AvgIpc) is 3.22. The zero-order chi connectivity index (χ0) is 17.1. The number of thioether (sulfide) groups is 1. The Morgan fingerprint density at radius 2 is 2.12 bits per heavy atom. The van der Waals surface area contributed by atoms with Crippen LogP contribution in [0.2, 0.25) is 0 Å². The molecule has 2 aromatic heterocycles. The predicted octanol–water partition coefficient (Wildman–Crippen LogP) is 3.23. The number of hydrogen-bond donors (Lipinski definition) is 2. The Kier molecular flexibility index (Phi) is 4.57. The zero-order valence-electron chi connectivity index (χ0n) is 13.1. The molecule has 3 rings (SSSR count). The molecule has 0 spiro atoms. The topological polar surface area (TPSA) is 101 Å². The van der Waals surface area contributed by atoms with Crippen molar-refractivity contribution in [1.82, 2.24) is 15.2 Å². The van der Waals surface area contributed by atoms with Crippen molar-refractivity contribution in [3.8, 4) is 28.7 Å². The number of methoxy groups -OCH3 is 1. The molecule has 8 heteroatoms. The lowest BCUT2D eigenvalue weighted by molar-refractivity contribution is -0.133. The second-order valence-electron chi connectivity index (χ2n) is 5.00. The van der Waals surface area contributed by atoms with E-state index in [0.29, 0.717) is 22.5 Å². The Balaban J connectivity index is 1.80. The van der Waals surface area contributed by atoms with Crippen LogP contribution in [0.4, 0.5) is 0 Å². The summed E-state index contributed by atoms with van der Waals surface area (Å²) in [6.45, 7) is 1.97. The molecule has 0 aliphatic rings. The molecule has 1 aromatic carbocycles. The molecule has 0 unspecified atom stereocenters. The second kappa shape index (κ2) is 6.79. The minimum atomic E-state index is -0.915. The third kappa shape index (κ3) is 3.43. The first-order valence-corrected chi connectivity index (χ1v) is 8.07. The molecule has 24 heavy (non-hydrogen) atoms. The number of aromatic nitrogens is 3. The third-order valence-electron chi connectivity index (χ3n) is 3.31. The van der Waals surface area contributed by atoms with E-state index in [2.05, 4.69) is 15.2 Å². The lowest BCUT2D eigenvalue weighted by Gasteiger charge is -2.05. The number of nitrogens with zero attached hydrogens (tertiary/aromatic N) is 2. The molecular formula is C16H15N3O4S. The number of aromatic amines is 1. The fraction of sp³-hybridized carbons (Fsp3) is 0.188. The molecule has 0 fully saturated rings. The van der Waals surface area contributed by atoms with Crippen molar-refractivity contribution in [2.45, 2.75) is 12.1 Å². The van der Waals surface area contributed by atoms with Gasteiger partial charge in [-0.15, -0.1) is 5.10 Å². The van der Waals surface area contributed by atoms with E-state index >= 15 is 0 Å². The molecule has 3 aromatic rings. The second-order valence-corrected chi connectivity index (χ2v) is 5.94. The molecule has 0 bridgehead atoms. The zero-order valence-corrected chi connectivity index (χ0v) is 13.9. The Labute approximate surface area is 142 Å². The van der Waals surface area contributed by atoms with Gasteiger partial charge in [-0.3, -0.25) is 9.89 Å². The van der Waals surface area contributed by atoms with Gasteiger partial charge in [-0.2, -0.15) is 4.98 Å². The Hall–Kier alpha value is -2.74. The molecule has 2 N–H and O–H groups in total. The molecule has 0 atom stereocenters. The van der Waals surface area contributed by atoms with Gasteiger partial charge >= 0.3 is 5.97 Å². The van der Waals surface area contributed by atoms with Gasteiger partial charge in [0, 0.05) is 5.56 Å². The Bertz CT molecular complexity index is 872. The summed E-state index contributed by atoms with van der Waals surface area (Å²) in [7, 11) is 1.64. The van der Waals surface area contributed by atoms with Crippen molar-refractivity contribution in [3.05, 3.63) is 35.9 Å². The van der Waals surface area contributed by atoms with Crippen molar-refractivity contribution < 1.29 is 19.1 Å². The maximum absolute atomic E-state index is 10.6. The number of carboxylic acid groups (broad SMARTS) is 1. The van der Waals surface area contributed by atoms with E-state index in [1.54, 1.807) is 13.2 Å². The van der Waals surface area contributed by atoms with E-state index in [1.807, 2.05) is 31.2 Å². The van der Waals surface area contributed by atoms with Gasteiger partial charge in [0.05, 0.1) is 12.9 Å². The number of carboxylic acids is 1. The largest absolute Gasteiger partial charge is 0.496 e. The standard InChI is InChI=1S/C16H15N3O4S/c1-9-7-10(3-4-11(9)22-2)12-5-6-13(23-12)15-17-16(19-18-15)24-8-14(20)21/h3-7H,8H2,1-2H3,(H,20,21)(H,17,18,19). The van der Waals surface area contributed by atoms with Crippen LogP contribution in [0.3, 0.4) is 0 Å². The van der Waals surface area contributed by atoms with E-state index in [4.69, 9.17) is 14.3 Å². The highest BCUT2D eigenvalue weighted by Crippen LogP contribution is 2.30. The minimum absolute atomic E-state index is 0.0914. The summed E-state index contributed by atoms with van der Waals surface area (Å²) in [5, 5.41) is 15.8.